The lowest BCUT2D eigenvalue weighted by atomic mass is 10.3. The predicted molar refractivity (Wildman–Crippen MR) is 69.5 cm³/mol. The summed E-state index contributed by atoms with van der Waals surface area (Å²) in [6.45, 7) is 4.42. The average molecular weight is 244 g/mol. The third-order valence-corrected chi connectivity index (χ3v) is 2.51. The quantitative estimate of drug-likeness (QED) is 0.600. The van der Waals surface area contributed by atoms with Crippen molar-refractivity contribution in [1.82, 2.24) is 14.8 Å². The Morgan fingerprint density at radius 1 is 1.44 bits per heavy atom. The molecule has 5 heteroatoms. The minimum absolute atomic E-state index is 0.434. The maximum absolute atomic E-state index is 5.23. The summed E-state index contributed by atoms with van der Waals surface area (Å²) in [5, 5.41) is 8.10. The molecule has 5 nitrogen and oxygen atoms in total. The van der Waals surface area contributed by atoms with E-state index in [9.17, 15) is 0 Å². The molecule has 18 heavy (non-hydrogen) atoms. The van der Waals surface area contributed by atoms with Gasteiger partial charge >= 0.3 is 0 Å². The number of hydrogen-bond donors (Lipinski definition) is 0. The first-order chi connectivity index (χ1) is 8.79. The van der Waals surface area contributed by atoms with E-state index in [4.69, 9.17) is 4.84 Å². The summed E-state index contributed by atoms with van der Waals surface area (Å²) in [6, 6.07) is 5.73. The van der Waals surface area contributed by atoms with Crippen LogP contribution >= 0.6 is 0 Å². The molecular formula is C13H16N4O. The van der Waals surface area contributed by atoms with E-state index in [2.05, 4.69) is 15.2 Å². The van der Waals surface area contributed by atoms with Crippen molar-refractivity contribution in [1.29, 1.82) is 0 Å². The molecule has 2 heterocycles. The lowest BCUT2D eigenvalue weighted by Crippen LogP contribution is -1.99. The zero-order chi connectivity index (χ0) is 12.8. The highest BCUT2D eigenvalue weighted by atomic mass is 16.6. The van der Waals surface area contributed by atoms with E-state index in [0.717, 1.165) is 23.5 Å². The number of rotatable bonds is 5. The Morgan fingerprint density at radius 2 is 2.33 bits per heavy atom. The standard InChI is InChI=1S/C13H16N4O/c1-3-11(2)16-18-10-12-5-6-13(14-9-12)17-8-4-7-15-17/h4-9H,3,10H2,1-2H3. The minimum Gasteiger partial charge on any atom is -0.391 e. The summed E-state index contributed by atoms with van der Waals surface area (Å²) in [5.41, 5.74) is 1.97. The normalized spacial score (nSPS) is 11.6. The Hall–Kier alpha value is -2.17. The van der Waals surface area contributed by atoms with Crippen LogP contribution in [0.2, 0.25) is 0 Å². The Bertz CT molecular complexity index is 502. The lowest BCUT2D eigenvalue weighted by molar-refractivity contribution is 0.129. The van der Waals surface area contributed by atoms with Gasteiger partial charge in [-0.1, -0.05) is 18.1 Å². The van der Waals surface area contributed by atoms with Crippen molar-refractivity contribution in [2.75, 3.05) is 0 Å². The van der Waals surface area contributed by atoms with Crippen molar-refractivity contribution >= 4 is 5.71 Å². The molecule has 0 bridgehead atoms. The maximum atomic E-state index is 5.23. The molecule has 0 fully saturated rings. The van der Waals surface area contributed by atoms with Crippen molar-refractivity contribution < 1.29 is 4.84 Å². The molecule has 0 saturated carbocycles. The van der Waals surface area contributed by atoms with Crippen LogP contribution in [0, 0.1) is 0 Å². The molecule has 0 N–H and O–H groups in total. The van der Waals surface area contributed by atoms with Gasteiger partial charge in [0.1, 0.15) is 6.61 Å². The van der Waals surface area contributed by atoms with Gasteiger partial charge in [-0.3, -0.25) is 0 Å². The van der Waals surface area contributed by atoms with Gasteiger partial charge in [0.05, 0.1) is 5.71 Å². The summed E-state index contributed by atoms with van der Waals surface area (Å²) >= 11 is 0. The smallest absolute Gasteiger partial charge is 0.153 e. The van der Waals surface area contributed by atoms with Crippen LogP contribution in [0.4, 0.5) is 0 Å². The molecule has 0 amide bonds. The van der Waals surface area contributed by atoms with E-state index in [1.165, 1.54) is 0 Å². The van der Waals surface area contributed by atoms with Gasteiger partial charge in [-0.25, -0.2) is 9.67 Å². The Kier molecular flexibility index (Phi) is 4.06. The van der Waals surface area contributed by atoms with Crippen LogP contribution < -0.4 is 0 Å². The number of oxime groups is 1. The topological polar surface area (TPSA) is 52.3 Å². The molecular weight excluding hydrogens is 228 g/mol. The van der Waals surface area contributed by atoms with Crippen LogP contribution in [-0.4, -0.2) is 20.5 Å². The highest BCUT2D eigenvalue weighted by Gasteiger charge is 1.99. The number of aromatic nitrogens is 3. The van der Waals surface area contributed by atoms with E-state index in [-0.39, 0.29) is 0 Å². The zero-order valence-corrected chi connectivity index (χ0v) is 10.6. The van der Waals surface area contributed by atoms with Gasteiger partial charge in [0.15, 0.2) is 5.82 Å². The van der Waals surface area contributed by atoms with Crippen LogP contribution in [0.3, 0.4) is 0 Å². The van der Waals surface area contributed by atoms with Gasteiger partial charge in [0.2, 0.25) is 0 Å². The first-order valence-corrected chi connectivity index (χ1v) is 5.90. The highest BCUT2D eigenvalue weighted by molar-refractivity contribution is 5.80. The average Bonchev–Trinajstić information content (AvgIpc) is 2.93. The zero-order valence-electron chi connectivity index (χ0n) is 10.6. The SMILES string of the molecule is CCC(C)=NOCc1ccc(-n2cccn2)nc1. The largest absolute Gasteiger partial charge is 0.391 e. The van der Waals surface area contributed by atoms with Crippen LogP contribution in [0.25, 0.3) is 5.82 Å². The molecule has 0 atom stereocenters. The third kappa shape index (κ3) is 3.16. The third-order valence-electron chi connectivity index (χ3n) is 2.51. The minimum atomic E-state index is 0.434. The van der Waals surface area contributed by atoms with Gasteiger partial charge < -0.3 is 4.84 Å². The Morgan fingerprint density at radius 3 is 2.94 bits per heavy atom. The fourth-order valence-electron chi connectivity index (χ4n) is 1.32. The van der Waals surface area contributed by atoms with Crippen LogP contribution in [0.5, 0.6) is 0 Å². The number of pyridine rings is 1. The monoisotopic (exact) mass is 244 g/mol. The summed E-state index contributed by atoms with van der Waals surface area (Å²) in [4.78, 5) is 9.54. The first kappa shape index (κ1) is 12.3. The van der Waals surface area contributed by atoms with Gasteiger partial charge in [-0.15, -0.1) is 0 Å². The molecule has 0 aromatic carbocycles. The Labute approximate surface area is 106 Å². The summed E-state index contributed by atoms with van der Waals surface area (Å²) in [6.07, 6.45) is 6.25. The van der Waals surface area contributed by atoms with Crippen molar-refractivity contribution in [2.45, 2.75) is 26.9 Å². The molecule has 94 valence electrons. The highest BCUT2D eigenvalue weighted by Crippen LogP contribution is 2.06. The first-order valence-electron chi connectivity index (χ1n) is 5.90. The molecule has 0 radical (unpaired) electrons. The number of hydrogen-bond acceptors (Lipinski definition) is 4. The molecule has 0 spiro atoms. The van der Waals surface area contributed by atoms with Crippen LogP contribution in [0.15, 0.2) is 41.9 Å². The van der Waals surface area contributed by atoms with Gasteiger partial charge in [-0.2, -0.15) is 5.10 Å². The lowest BCUT2D eigenvalue weighted by Gasteiger charge is -2.03. The van der Waals surface area contributed by atoms with Crippen molar-refractivity contribution in [3.63, 3.8) is 0 Å². The molecule has 0 aliphatic heterocycles. The second-order valence-corrected chi connectivity index (χ2v) is 3.93. The maximum Gasteiger partial charge on any atom is 0.153 e. The second kappa shape index (κ2) is 5.95. The summed E-state index contributed by atoms with van der Waals surface area (Å²) in [7, 11) is 0. The fraction of sp³-hybridized carbons (Fsp3) is 0.308. The number of nitrogens with zero attached hydrogens (tertiary/aromatic N) is 4. The molecule has 0 saturated heterocycles. The van der Waals surface area contributed by atoms with E-state index in [0.29, 0.717) is 6.61 Å². The second-order valence-electron chi connectivity index (χ2n) is 3.93. The molecule has 0 aliphatic carbocycles. The van der Waals surface area contributed by atoms with Crippen molar-refractivity contribution in [2.24, 2.45) is 5.16 Å². The van der Waals surface area contributed by atoms with Gasteiger partial charge in [-0.05, 0) is 25.5 Å². The van der Waals surface area contributed by atoms with E-state index in [1.54, 1.807) is 17.1 Å². The van der Waals surface area contributed by atoms with E-state index in [1.807, 2.05) is 38.2 Å². The summed E-state index contributed by atoms with van der Waals surface area (Å²) in [5.74, 6) is 0.789. The molecule has 0 unspecified atom stereocenters. The predicted octanol–water partition coefficient (Wildman–Crippen LogP) is 2.57. The summed E-state index contributed by atoms with van der Waals surface area (Å²) < 4.78 is 1.71. The molecule has 2 aromatic rings. The molecule has 2 aromatic heterocycles. The molecule has 0 aliphatic rings. The van der Waals surface area contributed by atoms with Crippen molar-refractivity contribution in [3.05, 3.63) is 42.4 Å². The fourth-order valence-corrected chi connectivity index (χ4v) is 1.32. The van der Waals surface area contributed by atoms with Gasteiger partial charge in [0, 0.05) is 24.2 Å². The van der Waals surface area contributed by atoms with E-state index < -0.39 is 0 Å². The van der Waals surface area contributed by atoms with Crippen LogP contribution in [0.1, 0.15) is 25.8 Å². The van der Waals surface area contributed by atoms with Crippen LogP contribution in [-0.2, 0) is 11.4 Å². The van der Waals surface area contributed by atoms with Gasteiger partial charge in [0.25, 0.3) is 0 Å². The van der Waals surface area contributed by atoms with E-state index >= 15 is 0 Å². The van der Waals surface area contributed by atoms with Crippen molar-refractivity contribution in [3.8, 4) is 5.82 Å². The Balaban J connectivity index is 1.96. The molecule has 2 rings (SSSR count).